The maximum atomic E-state index is 12.5. The fourth-order valence-corrected chi connectivity index (χ4v) is 2.86. The van der Waals surface area contributed by atoms with E-state index in [0.717, 1.165) is 17.7 Å². The summed E-state index contributed by atoms with van der Waals surface area (Å²) in [4.78, 5) is 30.2. The zero-order chi connectivity index (χ0) is 15.7. The molecule has 0 N–H and O–H groups in total. The number of pyridine rings is 1. The van der Waals surface area contributed by atoms with Gasteiger partial charge >= 0.3 is 0 Å². The molecule has 22 heavy (non-hydrogen) atoms. The molecule has 0 radical (unpaired) electrons. The summed E-state index contributed by atoms with van der Waals surface area (Å²) in [6.07, 6.45) is 8.28. The molecule has 2 amide bonds. The van der Waals surface area contributed by atoms with Gasteiger partial charge in [-0.05, 0) is 37.8 Å². The van der Waals surface area contributed by atoms with Crippen LogP contribution in [0.5, 0.6) is 5.88 Å². The number of hydrogen-bond acceptors (Lipinski definition) is 4. The average molecular weight is 317 g/mol. The summed E-state index contributed by atoms with van der Waals surface area (Å²) in [5, 5.41) is 0.274. The first-order valence-corrected chi connectivity index (χ1v) is 7.35. The second-order valence-electron chi connectivity index (χ2n) is 5.06. The molecule has 0 saturated carbocycles. The summed E-state index contributed by atoms with van der Waals surface area (Å²) in [6.45, 7) is 0.00676. The van der Waals surface area contributed by atoms with E-state index in [-0.39, 0.29) is 35.1 Å². The standard InChI is InChI=1S/C16H13ClN2O3/c1-2-9-22-14-12(17)7-8-13(18-14)19-15(20)10-5-3-4-6-11(10)16(19)21/h1,7-8H,3-6,9H2. The van der Waals surface area contributed by atoms with E-state index in [9.17, 15) is 9.59 Å². The van der Waals surface area contributed by atoms with E-state index in [1.807, 2.05) is 0 Å². The van der Waals surface area contributed by atoms with Crippen molar-refractivity contribution < 1.29 is 14.3 Å². The first-order chi connectivity index (χ1) is 10.6. The molecule has 2 aliphatic rings. The van der Waals surface area contributed by atoms with E-state index in [4.69, 9.17) is 22.8 Å². The molecule has 0 spiro atoms. The average Bonchev–Trinajstić information content (AvgIpc) is 2.79. The molecule has 112 valence electrons. The predicted molar refractivity (Wildman–Crippen MR) is 81.6 cm³/mol. The van der Waals surface area contributed by atoms with Crippen LogP contribution in [-0.4, -0.2) is 23.4 Å². The van der Waals surface area contributed by atoms with Gasteiger partial charge in [0.15, 0.2) is 6.61 Å². The number of carbonyl (C=O) groups is 2. The molecule has 1 aromatic heterocycles. The molecule has 0 saturated heterocycles. The third-order valence-electron chi connectivity index (χ3n) is 3.71. The van der Waals surface area contributed by atoms with Gasteiger partial charge < -0.3 is 4.74 Å². The lowest BCUT2D eigenvalue weighted by molar-refractivity contribution is -0.120. The second-order valence-corrected chi connectivity index (χ2v) is 5.47. The van der Waals surface area contributed by atoms with E-state index in [0.29, 0.717) is 24.0 Å². The van der Waals surface area contributed by atoms with E-state index in [1.54, 1.807) is 0 Å². The second kappa shape index (κ2) is 5.82. The van der Waals surface area contributed by atoms with Crippen LogP contribution in [0.3, 0.4) is 0 Å². The smallest absolute Gasteiger partial charge is 0.262 e. The van der Waals surface area contributed by atoms with Gasteiger partial charge in [-0.1, -0.05) is 17.5 Å². The van der Waals surface area contributed by atoms with Crippen LogP contribution in [-0.2, 0) is 9.59 Å². The predicted octanol–water partition coefficient (Wildman–Crippen LogP) is 2.49. The van der Waals surface area contributed by atoms with Crippen molar-refractivity contribution in [1.82, 2.24) is 4.98 Å². The number of amides is 2. The molecule has 0 atom stereocenters. The Balaban J connectivity index is 1.94. The van der Waals surface area contributed by atoms with E-state index < -0.39 is 0 Å². The van der Waals surface area contributed by atoms with Gasteiger partial charge in [0.2, 0.25) is 5.88 Å². The van der Waals surface area contributed by atoms with Gasteiger partial charge in [0.05, 0.1) is 0 Å². The molecule has 1 aliphatic carbocycles. The number of terminal acetylenes is 1. The van der Waals surface area contributed by atoms with Gasteiger partial charge in [0, 0.05) is 11.1 Å². The minimum absolute atomic E-state index is 0.00676. The Labute approximate surface area is 132 Å². The van der Waals surface area contributed by atoms with Crippen molar-refractivity contribution >= 4 is 29.2 Å². The minimum Gasteiger partial charge on any atom is -0.463 e. The van der Waals surface area contributed by atoms with Crippen molar-refractivity contribution in [3.8, 4) is 18.2 Å². The lowest BCUT2D eigenvalue weighted by atomic mass is 9.93. The number of imide groups is 1. The number of carbonyl (C=O) groups excluding carboxylic acids is 2. The molecule has 0 fully saturated rings. The highest BCUT2D eigenvalue weighted by atomic mass is 35.5. The molecular weight excluding hydrogens is 304 g/mol. The number of aromatic nitrogens is 1. The monoisotopic (exact) mass is 316 g/mol. The number of halogens is 1. The lowest BCUT2D eigenvalue weighted by Crippen LogP contribution is -2.32. The van der Waals surface area contributed by atoms with Crippen molar-refractivity contribution in [1.29, 1.82) is 0 Å². The molecule has 5 nitrogen and oxygen atoms in total. The van der Waals surface area contributed by atoms with Crippen LogP contribution in [0.1, 0.15) is 25.7 Å². The van der Waals surface area contributed by atoms with Crippen molar-refractivity contribution in [2.24, 2.45) is 0 Å². The first-order valence-electron chi connectivity index (χ1n) is 6.97. The molecule has 0 unspecified atom stereocenters. The Morgan fingerprint density at radius 2 is 1.86 bits per heavy atom. The van der Waals surface area contributed by atoms with Gasteiger partial charge in [-0.2, -0.15) is 4.98 Å². The number of nitrogens with zero attached hydrogens (tertiary/aromatic N) is 2. The van der Waals surface area contributed by atoms with Crippen LogP contribution >= 0.6 is 11.6 Å². The van der Waals surface area contributed by atoms with Crippen LogP contribution in [0.4, 0.5) is 5.82 Å². The van der Waals surface area contributed by atoms with Gasteiger partial charge in [-0.15, -0.1) is 6.42 Å². The zero-order valence-electron chi connectivity index (χ0n) is 11.8. The van der Waals surface area contributed by atoms with Crippen LogP contribution in [0, 0.1) is 12.3 Å². The van der Waals surface area contributed by atoms with Gasteiger partial charge in [-0.3, -0.25) is 9.59 Å². The fraction of sp³-hybridized carbons (Fsp3) is 0.312. The Morgan fingerprint density at radius 3 is 2.45 bits per heavy atom. The third kappa shape index (κ3) is 2.36. The number of rotatable bonds is 3. The summed E-state index contributed by atoms with van der Waals surface area (Å²) >= 11 is 5.98. The quantitative estimate of drug-likeness (QED) is 0.635. The van der Waals surface area contributed by atoms with E-state index in [2.05, 4.69) is 10.9 Å². The Kier molecular flexibility index (Phi) is 3.86. The Bertz CT molecular complexity index is 705. The van der Waals surface area contributed by atoms with Crippen LogP contribution in [0.25, 0.3) is 0 Å². The largest absolute Gasteiger partial charge is 0.463 e. The highest BCUT2D eigenvalue weighted by Crippen LogP contribution is 2.36. The van der Waals surface area contributed by atoms with E-state index >= 15 is 0 Å². The lowest BCUT2D eigenvalue weighted by Gasteiger charge is -2.15. The van der Waals surface area contributed by atoms with Crippen LogP contribution in [0.2, 0.25) is 5.02 Å². The molecule has 0 aromatic carbocycles. The zero-order valence-corrected chi connectivity index (χ0v) is 12.5. The van der Waals surface area contributed by atoms with Crippen LogP contribution < -0.4 is 9.64 Å². The third-order valence-corrected chi connectivity index (χ3v) is 4.00. The normalized spacial score (nSPS) is 17.5. The maximum absolute atomic E-state index is 12.5. The number of ether oxygens (including phenoxy) is 1. The van der Waals surface area contributed by atoms with Crippen LogP contribution in [0.15, 0.2) is 23.3 Å². The summed E-state index contributed by atoms with van der Waals surface area (Å²) in [6, 6.07) is 3.06. The minimum atomic E-state index is -0.294. The van der Waals surface area contributed by atoms with Gasteiger partial charge in [0.1, 0.15) is 10.8 Å². The van der Waals surface area contributed by atoms with Gasteiger partial charge in [-0.25, -0.2) is 4.90 Å². The first kappa shape index (κ1) is 14.6. The summed E-state index contributed by atoms with van der Waals surface area (Å²) < 4.78 is 5.23. The topological polar surface area (TPSA) is 59.5 Å². The number of anilines is 1. The van der Waals surface area contributed by atoms with Crippen molar-refractivity contribution in [3.63, 3.8) is 0 Å². The van der Waals surface area contributed by atoms with Crippen molar-refractivity contribution in [2.75, 3.05) is 11.5 Å². The Hall–Kier alpha value is -2.32. The maximum Gasteiger partial charge on any atom is 0.262 e. The molecule has 6 heteroatoms. The van der Waals surface area contributed by atoms with Crippen molar-refractivity contribution in [3.05, 3.63) is 28.3 Å². The summed E-state index contributed by atoms with van der Waals surface area (Å²) in [5.41, 5.74) is 1.22. The van der Waals surface area contributed by atoms with Crippen molar-refractivity contribution in [2.45, 2.75) is 25.7 Å². The Morgan fingerprint density at radius 1 is 1.23 bits per heavy atom. The van der Waals surface area contributed by atoms with E-state index in [1.165, 1.54) is 12.1 Å². The molecule has 1 aliphatic heterocycles. The molecule has 3 rings (SSSR count). The fourth-order valence-electron chi connectivity index (χ4n) is 2.70. The molecule has 0 bridgehead atoms. The highest BCUT2D eigenvalue weighted by Gasteiger charge is 2.40. The van der Waals surface area contributed by atoms with Gasteiger partial charge in [0.25, 0.3) is 11.8 Å². The molecule has 2 heterocycles. The molecular formula is C16H13ClN2O3. The summed E-state index contributed by atoms with van der Waals surface area (Å²) in [7, 11) is 0. The molecule has 1 aromatic rings. The number of hydrogen-bond donors (Lipinski definition) is 0. The highest BCUT2D eigenvalue weighted by molar-refractivity contribution is 6.33. The summed E-state index contributed by atoms with van der Waals surface area (Å²) in [5.74, 6) is 2.05. The SMILES string of the molecule is C#CCOc1nc(N2C(=O)C3=C(CCCC3)C2=O)ccc1Cl.